The number of pyridine rings is 1. The van der Waals surface area contributed by atoms with E-state index in [0.29, 0.717) is 36.5 Å². The Morgan fingerprint density at radius 1 is 1.38 bits per heavy atom. The molecule has 0 amide bonds. The van der Waals surface area contributed by atoms with Gasteiger partial charge in [-0.05, 0) is 25.1 Å². The van der Waals surface area contributed by atoms with Crippen molar-refractivity contribution < 1.29 is 9.53 Å². The molecule has 3 aromatic heterocycles. The summed E-state index contributed by atoms with van der Waals surface area (Å²) in [7, 11) is 0. The lowest BCUT2D eigenvalue weighted by Crippen LogP contribution is -2.14. The second-order valence-corrected chi connectivity index (χ2v) is 4.91. The molecule has 3 heterocycles. The average molecular weight is 328 g/mol. The number of hydrogen-bond acceptors (Lipinski definition) is 7. The number of hydrogen-bond donors (Lipinski definition) is 2. The van der Waals surface area contributed by atoms with Gasteiger partial charge in [-0.1, -0.05) is 0 Å². The number of H-pyrrole nitrogens is 1. The van der Waals surface area contributed by atoms with Crippen LogP contribution in [0.2, 0.25) is 0 Å². The predicted octanol–water partition coefficient (Wildman–Crippen LogP) is 0.803. The van der Waals surface area contributed by atoms with Crippen molar-refractivity contribution in [2.75, 3.05) is 18.5 Å². The van der Waals surface area contributed by atoms with Gasteiger partial charge in [0.1, 0.15) is 5.82 Å². The van der Waals surface area contributed by atoms with Crippen LogP contribution >= 0.6 is 0 Å². The van der Waals surface area contributed by atoms with Crippen LogP contribution in [0.15, 0.2) is 35.5 Å². The Bertz CT molecular complexity index is 917. The number of aromatic nitrogens is 5. The summed E-state index contributed by atoms with van der Waals surface area (Å²) in [6, 6.07) is 5.00. The predicted molar refractivity (Wildman–Crippen MR) is 86.8 cm³/mol. The molecule has 3 rings (SSSR count). The van der Waals surface area contributed by atoms with Crippen LogP contribution in [0.5, 0.6) is 0 Å². The van der Waals surface area contributed by atoms with Crippen molar-refractivity contribution in [1.82, 2.24) is 24.7 Å². The van der Waals surface area contributed by atoms with Crippen molar-refractivity contribution in [3.8, 4) is 0 Å². The first-order valence-electron chi connectivity index (χ1n) is 7.46. The summed E-state index contributed by atoms with van der Waals surface area (Å²) in [6.45, 7) is 3.16. The van der Waals surface area contributed by atoms with Crippen LogP contribution in [0.4, 0.5) is 5.82 Å². The molecule has 2 N–H and O–H groups in total. The zero-order chi connectivity index (χ0) is 16.9. The van der Waals surface area contributed by atoms with E-state index in [4.69, 9.17) is 4.74 Å². The summed E-state index contributed by atoms with van der Waals surface area (Å²) in [5.41, 5.74) is 0.443. The number of nitrogens with one attached hydrogen (secondary N) is 2. The van der Waals surface area contributed by atoms with Crippen molar-refractivity contribution >= 4 is 22.8 Å². The smallest absolute Gasteiger partial charge is 0.358 e. The minimum Gasteiger partial charge on any atom is -0.461 e. The number of carbonyl (C=O) groups is 1. The van der Waals surface area contributed by atoms with E-state index >= 15 is 0 Å². The Balaban J connectivity index is 1.60. The molecule has 0 unspecified atom stereocenters. The third-order valence-corrected chi connectivity index (χ3v) is 3.27. The summed E-state index contributed by atoms with van der Waals surface area (Å²) in [4.78, 5) is 33.9. The van der Waals surface area contributed by atoms with Crippen molar-refractivity contribution in [2.45, 2.75) is 13.5 Å². The summed E-state index contributed by atoms with van der Waals surface area (Å²) in [5.74, 6) is 0.176. The molecule has 0 bridgehead atoms. The SMILES string of the molecule is CCOC(=O)c1ccn(CCNc2ccc3c(=O)[nH]cnc3n2)n1. The normalized spacial score (nSPS) is 10.7. The molecule has 0 spiro atoms. The average Bonchev–Trinajstić information content (AvgIpc) is 3.04. The van der Waals surface area contributed by atoms with Crippen LogP contribution in [0, 0.1) is 0 Å². The highest BCUT2D eigenvalue weighted by Gasteiger charge is 2.09. The largest absolute Gasteiger partial charge is 0.461 e. The number of nitrogens with zero attached hydrogens (tertiary/aromatic N) is 4. The van der Waals surface area contributed by atoms with Crippen LogP contribution < -0.4 is 10.9 Å². The number of aromatic amines is 1. The fourth-order valence-electron chi connectivity index (χ4n) is 2.15. The molecule has 9 nitrogen and oxygen atoms in total. The monoisotopic (exact) mass is 328 g/mol. The molecule has 0 aromatic carbocycles. The van der Waals surface area contributed by atoms with Crippen LogP contribution in [0.1, 0.15) is 17.4 Å². The molecule has 0 saturated carbocycles. The van der Waals surface area contributed by atoms with E-state index in [9.17, 15) is 9.59 Å². The van der Waals surface area contributed by atoms with Crippen LogP contribution in [0.3, 0.4) is 0 Å². The minimum absolute atomic E-state index is 0.220. The summed E-state index contributed by atoms with van der Waals surface area (Å²) >= 11 is 0. The van der Waals surface area contributed by atoms with Gasteiger partial charge in [0.25, 0.3) is 5.56 Å². The first-order valence-corrected chi connectivity index (χ1v) is 7.46. The Morgan fingerprint density at radius 3 is 3.08 bits per heavy atom. The maximum Gasteiger partial charge on any atom is 0.358 e. The minimum atomic E-state index is -0.434. The Labute approximate surface area is 136 Å². The molecule has 3 aromatic rings. The fraction of sp³-hybridized carbons (Fsp3) is 0.267. The standard InChI is InChI=1S/C15H16N6O3/c1-2-24-15(23)11-5-7-21(20-11)8-6-16-12-4-3-10-13(19-12)17-9-18-14(10)22/h3-5,7,9H,2,6,8H2,1H3,(H2,16,17,18,19,22). The lowest BCUT2D eigenvalue weighted by Gasteiger charge is -2.06. The number of esters is 1. The van der Waals surface area contributed by atoms with Gasteiger partial charge >= 0.3 is 5.97 Å². The highest BCUT2D eigenvalue weighted by Crippen LogP contribution is 2.08. The summed E-state index contributed by atoms with van der Waals surface area (Å²) < 4.78 is 6.53. The van der Waals surface area contributed by atoms with Crippen LogP contribution in [-0.2, 0) is 11.3 Å². The molecular weight excluding hydrogens is 312 g/mol. The number of anilines is 1. The van der Waals surface area contributed by atoms with Crippen molar-refractivity contribution in [2.24, 2.45) is 0 Å². The molecule has 0 aliphatic heterocycles. The molecule has 0 aliphatic rings. The first-order chi connectivity index (χ1) is 11.7. The van der Waals surface area contributed by atoms with Gasteiger partial charge in [0.2, 0.25) is 0 Å². The van der Waals surface area contributed by atoms with Gasteiger partial charge in [0.15, 0.2) is 11.3 Å². The number of ether oxygens (including phenoxy) is 1. The first kappa shape index (κ1) is 15.7. The maximum absolute atomic E-state index is 11.6. The van der Waals surface area contributed by atoms with Gasteiger partial charge < -0.3 is 15.0 Å². The summed E-state index contributed by atoms with van der Waals surface area (Å²) in [6.07, 6.45) is 3.03. The van der Waals surface area contributed by atoms with E-state index in [-0.39, 0.29) is 11.3 Å². The molecule has 9 heteroatoms. The summed E-state index contributed by atoms with van der Waals surface area (Å²) in [5, 5.41) is 7.71. The lowest BCUT2D eigenvalue weighted by atomic mass is 10.3. The maximum atomic E-state index is 11.6. The molecule has 124 valence electrons. The molecular formula is C15H16N6O3. The second kappa shape index (κ2) is 6.90. The van der Waals surface area contributed by atoms with Crippen LogP contribution in [0.25, 0.3) is 11.0 Å². The Morgan fingerprint density at radius 2 is 2.25 bits per heavy atom. The van der Waals surface area contributed by atoms with Crippen molar-refractivity contribution in [3.63, 3.8) is 0 Å². The van der Waals surface area contributed by atoms with E-state index in [1.807, 2.05) is 0 Å². The van der Waals surface area contributed by atoms with E-state index in [1.54, 1.807) is 36.0 Å². The quantitative estimate of drug-likeness (QED) is 0.643. The lowest BCUT2D eigenvalue weighted by molar-refractivity contribution is 0.0518. The molecule has 0 aliphatic carbocycles. The zero-order valence-corrected chi connectivity index (χ0v) is 13.0. The van der Waals surface area contributed by atoms with Gasteiger partial charge in [-0.3, -0.25) is 9.48 Å². The molecule has 0 atom stereocenters. The number of carbonyl (C=O) groups excluding carboxylic acids is 1. The fourth-order valence-corrected chi connectivity index (χ4v) is 2.15. The van der Waals surface area contributed by atoms with E-state index in [0.717, 1.165) is 0 Å². The Hall–Kier alpha value is -3.23. The molecule has 0 radical (unpaired) electrons. The van der Waals surface area contributed by atoms with Crippen LogP contribution in [-0.4, -0.2) is 43.9 Å². The molecule has 0 saturated heterocycles. The highest BCUT2D eigenvalue weighted by molar-refractivity contribution is 5.87. The van der Waals surface area contributed by atoms with Crippen molar-refractivity contribution in [1.29, 1.82) is 0 Å². The van der Waals surface area contributed by atoms with Crippen molar-refractivity contribution in [3.05, 3.63) is 46.8 Å². The third-order valence-electron chi connectivity index (χ3n) is 3.27. The third kappa shape index (κ3) is 3.40. The zero-order valence-electron chi connectivity index (χ0n) is 13.0. The molecule has 24 heavy (non-hydrogen) atoms. The number of fused-ring (bicyclic) bond motifs is 1. The van der Waals surface area contributed by atoms with Gasteiger partial charge in [-0.15, -0.1) is 0 Å². The van der Waals surface area contributed by atoms with Gasteiger partial charge in [0, 0.05) is 12.7 Å². The van der Waals surface area contributed by atoms with Gasteiger partial charge in [-0.2, -0.15) is 5.10 Å². The number of rotatable bonds is 6. The molecule has 0 fully saturated rings. The van der Waals surface area contributed by atoms with E-state index in [1.165, 1.54) is 6.33 Å². The van der Waals surface area contributed by atoms with E-state index in [2.05, 4.69) is 25.4 Å². The topological polar surface area (TPSA) is 115 Å². The second-order valence-electron chi connectivity index (χ2n) is 4.91. The van der Waals surface area contributed by atoms with Gasteiger partial charge in [-0.25, -0.2) is 14.8 Å². The Kier molecular flexibility index (Phi) is 4.50. The van der Waals surface area contributed by atoms with Gasteiger partial charge in [0.05, 0.1) is 24.9 Å². The van der Waals surface area contributed by atoms with E-state index < -0.39 is 5.97 Å². The highest BCUT2D eigenvalue weighted by atomic mass is 16.5.